The lowest BCUT2D eigenvalue weighted by Crippen LogP contribution is -2.28. The van der Waals surface area contributed by atoms with Crippen molar-refractivity contribution in [1.29, 1.82) is 0 Å². The van der Waals surface area contributed by atoms with E-state index in [9.17, 15) is 0 Å². The second-order valence-electron chi connectivity index (χ2n) is 4.82. The SMILES string of the molecule is CCCCOc1ccc(C(NN)c2cnn(C)c2)cc1. The largest absolute Gasteiger partial charge is 0.494 e. The van der Waals surface area contributed by atoms with Crippen molar-refractivity contribution in [2.75, 3.05) is 6.61 Å². The van der Waals surface area contributed by atoms with Gasteiger partial charge in [-0.15, -0.1) is 0 Å². The number of unbranched alkanes of at least 4 members (excludes halogenated alkanes) is 1. The van der Waals surface area contributed by atoms with Crippen LogP contribution in [0.4, 0.5) is 0 Å². The Morgan fingerprint density at radius 1 is 1.30 bits per heavy atom. The molecule has 0 aliphatic rings. The van der Waals surface area contributed by atoms with Gasteiger partial charge < -0.3 is 4.74 Å². The van der Waals surface area contributed by atoms with Gasteiger partial charge in [-0.3, -0.25) is 10.5 Å². The van der Waals surface area contributed by atoms with Crippen LogP contribution >= 0.6 is 0 Å². The van der Waals surface area contributed by atoms with Gasteiger partial charge in [-0.05, 0) is 24.1 Å². The van der Waals surface area contributed by atoms with Gasteiger partial charge in [0.15, 0.2) is 0 Å². The van der Waals surface area contributed by atoms with Crippen molar-refractivity contribution in [3.63, 3.8) is 0 Å². The Bertz CT molecular complexity index is 521. The van der Waals surface area contributed by atoms with E-state index in [0.717, 1.165) is 36.3 Å². The molecule has 108 valence electrons. The highest BCUT2D eigenvalue weighted by atomic mass is 16.5. The van der Waals surface area contributed by atoms with Crippen molar-refractivity contribution in [2.24, 2.45) is 12.9 Å². The van der Waals surface area contributed by atoms with E-state index in [2.05, 4.69) is 17.4 Å². The van der Waals surface area contributed by atoms with Crippen LogP contribution in [0.1, 0.15) is 36.9 Å². The van der Waals surface area contributed by atoms with Crippen LogP contribution in [0.5, 0.6) is 5.75 Å². The first-order valence-electron chi connectivity index (χ1n) is 6.92. The van der Waals surface area contributed by atoms with Crippen LogP contribution in [0, 0.1) is 0 Å². The van der Waals surface area contributed by atoms with Gasteiger partial charge in [0.1, 0.15) is 5.75 Å². The Hall–Kier alpha value is -1.85. The summed E-state index contributed by atoms with van der Waals surface area (Å²) < 4.78 is 7.42. The molecule has 0 bridgehead atoms. The molecule has 5 heteroatoms. The van der Waals surface area contributed by atoms with Crippen molar-refractivity contribution in [2.45, 2.75) is 25.8 Å². The predicted octanol–water partition coefficient (Wildman–Crippen LogP) is 2.15. The third kappa shape index (κ3) is 3.59. The second kappa shape index (κ2) is 7.07. The minimum atomic E-state index is -0.0617. The summed E-state index contributed by atoms with van der Waals surface area (Å²) in [7, 11) is 1.89. The minimum absolute atomic E-state index is 0.0617. The number of hydrazine groups is 1. The van der Waals surface area contributed by atoms with Gasteiger partial charge in [-0.1, -0.05) is 25.5 Å². The molecule has 1 atom stereocenters. The highest BCUT2D eigenvalue weighted by molar-refractivity contribution is 5.33. The Balaban J connectivity index is 2.07. The van der Waals surface area contributed by atoms with E-state index in [1.807, 2.05) is 43.7 Å². The number of aromatic nitrogens is 2. The van der Waals surface area contributed by atoms with Crippen molar-refractivity contribution >= 4 is 0 Å². The predicted molar refractivity (Wildman–Crippen MR) is 79.2 cm³/mol. The lowest BCUT2D eigenvalue weighted by Gasteiger charge is -2.15. The number of aryl methyl sites for hydroxylation is 1. The summed E-state index contributed by atoms with van der Waals surface area (Å²) in [6.07, 6.45) is 5.98. The molecule has 0 aliphatic carbocycles. The van der Waals surface area contributed by atoms with E-state index in [1.54, 1.807) is 4.68 Å². The number of rotatable bonds is 7. The van der Waals surface area contributed by atoms with Gasteiger partial charge >= 0.3 is 0 Å². The van der Waals surface area contributed by atoms with Gasteiger partial charge in [-0.2, -0.15) is 5.10 Å². The zero-order valence-electron chi connectivity index (χ0n) is 12.0. The maximum Gasteiger partial charge on any atom is 0.119 e. The highest BCUT2D eigenvalue weighted by Crippen LogP contribution is 2.23. The van der Waals surface area contributed by atoms with Gasteiger partial charge in [0, 0.05) is 18.8 Å². The van der Waals surface area contributed by atoms with Crippen LogP contribution in [0.15, 0.2) is 36.7 Å². The average molecular weight is 274 g/mol. The molecule has 1 aromatic carbocycles. The van der Waals surface area contributed by atoms with Crippen molar-refractivity contribution < 1.29 is 4.74 Å². The first-order valence-corrected chi connectivity index (χ1v) is 6.92. The van der Waals surface area contributed by atoms with Crippen molar-refractivity contribution in [3.8, 4) is 5.75 Å². The van der Waals surface area contributed by atoms with Gasteiger partial charge in [0.05, 0.1) is 18.8 Å². The normalized spacial score (nSPS) is 12.3. The molecule has 2 aromatic rings. The molecule has 0 fully saturated rings. The minimum Gasteiger partial charge on any atom is -0.494 e. The fraction of sp³-hybridized carbons (Fsp3) is 0.400. The smallest absolute Gasteiger partial charge is 0.119 e. The maximum absolute atomic E-state index is 5.66. The number of nitrogens with one attached hydrogen (secondary N) is 1. The van der Waals surface area contributed by atoms with Gasteiger partial charge in [0.2, 0.25) is 0 Å². The molecule has 5 nitrogen and oxygen atoms in total. The number of ether oxygens (including phenoxy) is 1. The monoisotopic (exact) mass is 274 g/mol. The third-order valence-electron chi connectivity index (χ3n) is 3.20. The van der Waals surface area contributed by atoms with Crippen molar-refractivity contribution in [3.05, 3.63) is 47.8 Å². The number of nitrogens with zero attached hydrogens (tertiary/aromatic N) is 2. The first-order chi connectivity index (χ1) is 9.74. The molecule has 0 spiro atoms. The van der Waals surface area contributed by atoms with Crippen molar-refractivity contribution in [1.82, 2.24) is 15.2 Å². The molecule has 0 amide bonds. The molecule has 2 rings (SSSR count). The number of hydrogen-bond donors (Lipinski definition) is 2. The zero-order chi connectivity index (χ0) is 14.4. The van der Waals surface area contributed by atoms with Crippen LogP contribution in [0.3, 0.4) is 0 Å². The molecule has 0 saturated carbocycles. The van der Waals surface area contributed by atoms with E-state index in [1.165, 1.54) is 0 Å². The summed E-state index contributed by atoms with van der Waals surface area (Å²) in [6, 6.07) is 7.95. The van der Waals surface area contributed by atoms with E-state index < -0.39 is 0 Å². The molecule has 0 radical (unpaired) electrons. The number of hydrogen-bond acceptors (Lipinski definition) is 4. The Morgan fingerprint density at radius 3 is 2.60 bits per heavy atom. The summed E-state index contributed by atoms with van der Waals surface area (Å²) in [5, 5.41) is 4.17. The van der Waals surface area contributed by atoms with E-state index in [0.29, 0.717) is 0 Å². The Kier molecular flexibility index (Phi) is 5.15. The van der Waals surface area contributed by atoms with Crippen LogP contribution in [0.25, 0.3) is 0 Å². The maximum atomic E-state index is 5.66. The molecule has 3 N–H and O–H groups in total. The summed E-state index contributed by atoms with van der Waals surface area (Å²) in [5.74, 6) is 6.56. The molecular formula is C15H22N4O. The molecule has 1 heterocycles. The van der Waals surface area contributed by atoms with Crippen LogP contribution in [0.2, 0.25) is 0 Å². The molecule has 20 heavy (non-hydrogen) atoms. The fourth-order valence-corrected chi connectivity index (χ4v) is 2.06. The standard InChI is InChI=1S/C15H22N4O/c1-3-4-9-20-14-7-5-12(6-8-14)15(18-16)13-10-17-19(2)11-13/h5-8,10-11,15,18H,3-4,9,16H2,1-2H3. The van der Waals surface area contributed by atoms with Crippen LogP contribution < -0.4 is 16.0 Å². The Labute approximate surface area is 119 Å². The fourth-order valence-electron chi connectivity index (χ4n) is 2.06. The molecule has 0 saturated heterocycles. The lowest BCUT2D eigenvalue weighted by molar-refractivity contribution is 0.309. The molecule has 1 aromatic heterocycles. The second-order valence-corrected chi connectivity index (χ2v) is 4.82. The summed E-state index contributed by atoms with van der Waals surface area (Å²) in [4.78, 5) is 0. The third-order valence-corrected chi connectivity index (χ3v) is 3.20. The number of nitrogens with two attached hydrogens (primary N) is 1. The van der Waals surface area contributed by atoms with E-state index in [4.69, 9.17) is 10.6 Å². The molecular weight excluding hydrogens is 252 g/mol. The van der Waals surface area contributed by atoms with E-state index >= 15 is 0 Å². The average Bonchev–Trinajstić information content (AvgIpc) is 2.88. The molecule has 0 aliphatic heterocycles. The Morgan fingerprint density at radius 2 is 2.05 bits per heavy atom. The summed E-state index contributed by atoms with van der Waals surface area (Å²) in [6.45, 7) is 2.91. The lowest BCUT2D eigenvalue weighted by atomic mass is 10.0. The van der Waals surface area contributed by atoms with Gasteiger partial charge in [-0.25, -0.2) is 5.43 Å². The van der Waals surface area contributed by atoms with E-state index in [-0.39, 0.29) is 6.04 Å². The van der Waals surface area contributed by atoms with Crippen LogP contribution in [-0.2, 0) is 7.05 Å². The first kappa shape index (κ1) is 14.6. The zero-order valence-corrected chi connectivity index (χ0v) is 12.0. The quantitative estimate of drug-likeness (QED) is 0.461. The number of benzene rings is 1. The summed E-state index contributed by atoms with van der Waals surface area (Å²) >= 11 is 0. The summed E-state index contributed by atoms with van der Waals surface area (Å²) in [5.41, 5.74) is 4.95. The molecule has 1 unspecified atom stereocenters. The van der Waals surface area contributed by atoms with Gasteiger partial charge in [0.25, 0.3) is 0 Å². The van der Waals surface area contributed by atoms with Crippen LogP contribution in [-0.4, -0.2) is 16.4 Å². The topological polar surface area (TPSA) is 65.1 Å². The highest BCUT2D eigenvalue weighted by Gasteiger charge is 2.13.